The Bertz CT molecular complexity index is 773. The van der Waals surface area contributed by atoms with Crippen LogP contribution in [0.3, 0.4) is 0 Å². The molecule has 0 bridgehead atoms. The molecule has 2 aromatic rings. The van der Waals surface area contributed by atoms with Crippen molar-refractivity contribution >= 4 is 27.3 Å². The fourth-order valence-corrected chi connectivity index (χ4v) is 3.68. The van der Waals surface area contributed by atoms with Crippen LogP contribution in [0.15, 0.2) is 34.5 Å². The van der Waals surface area contributed by atoms with E-state index in [1.165, 1.54) is 24.4 Å². The topological polar surface area (TPSA) is 96.4 Å². The highest BCUT2D eigenvalue weighted by atomic mass is 32.2. The highest BCUT2D eigenvalue weighted by Gasteiger charge is 2.21. The third-order valence-corrected chi connectivity index (χ3v) is 5.12. The second-order valence-corrected chi connectivity index (χ2v) is 6.78. The zero-order chi connectivity index (χ0) is 15.6. The maximum absolute atomic E-state index is 13.1. The summed E-state index contributed by atoms with van der Waals surface area (Å²) in [5.41, 5.74) is -0.146. The number of aromatic carboxylic acids is 1. The molecule has 0 fully saturated rings. The highest BCUT2D eigenvalue weighted by Crippen LogP contribution is 2.21. The van der Waals surface area contributed by atoms with E-state index in [0.29, 0.717) is 5.01 Å². The number of thiazole rings is 1. The van der Waals surface area contributed by atoms with E-state index < -0.39 is 27.9 Å². The molecule has 112 valence electrons. The standard InChI is InChI=1S/C12H11FN2O4S2/c1-7(11-14-10(6-20-11)12(16)17)15-21(18,19)9-4-2-3-8(13)5-9/h2-7,15H,1H3,(H,16,17). The number of carboxylic acids is 1. The van der Waals surface area contributed by atoms with Crippen molar-refractivity contribution in [3.63, 3.8) is 0 Å². The molecule has 9 heteroatoms. The smallest absolute Gasteiger partial charge is 0.355 e. The quantitative estimate of drug-likeness (QED) is 0.874. The summed E-state index contributed by atoms with van der Waals surface area (Å²) in [5, 5.41) is 10.4. The van der Waals surface area contributed by atoms with Gasteiger partial charge >= 0.3 is 5.97 Å². The molecule has 1 unspecified atom stereocenters. The van der Waals surface area contributed by atoms with Gasteiger partial charge in [-0.1, -0.05) is 6.07 Å². The van der Waals surface area contributed by atoms with Crippen molar-refractivity contribution in [3.8, 4) is 0 Å². The monoisotopic (exact) mass is 330 g/mol. The predicted octanol–water partition coefficient (Wildman–Crippen LogP) is 2.02. The SMILES string of the molecule is CC(NS(=O)(=O)c1cccc(F)c1)c1nc(C(=O)O)cs1. The zero-order valence-electron chi connectivity index (χ0n) is 10.8. The number of carboxylic acid groups (broad SMARTS) is 1. The van der Waals surface area contributed by atoms with E-state index in [1.54, 1.807) is 0 Å². The summed E-state index contributed by atoms with van der Waals surface area (Å²) >= 11 is 1.03. The van der Waals surface area contributed by atoms with Gasteiger partial charge in [0.1, 0.15) is 10.8 Å². The third kappa shape index (κ3) is 3.63. The summed E-state index contributed by atoms with van der Waals surface area (Å²) in [6.45, 7) is 1.53. The van der Waals surface area contributed by atoms with Crippen LogP contribution in [-0.2, 0) is 10.0 Å². The molecule has 1 aromatic heterocycles. The fraction of sp³-hybridized carbons (Fsp3) is 0.167. The Morgan fingerprint density at radius 2 is 2.19 bits per heavy atom. The van der Waals surface area contributed by atoms with Crippen molar-refractivity contribution in [2.75, 3.05) is 0 Å². The first-order valence-corrected chi connectivity index (χ1v) is 8.12. The molecule has 0 saturated carbocycles. The first kappa shape index (κ1) is 15.5. The lowest BCUT2D eigenvalue weighted by atomic mass is 10.4. The van der Waals surface area contributed by atoms with Gasteiger partial charge in [0, 0.05) is 5.38 Å². The van der Waals surface area contributed by atoms with Gasteiger partial charge in [-0.25, -0.2) is 27.3 Å². The van der Waals surface area contributed by atoms with Crippen LogP contribution in [0.25, 0.3) is 0 Å². The molecular weight excluding hydrogens is 319 g/mol. The largest absolute Gasteiger partial charge is 0.476 e. The summed E-state index contributed by atoms with van der Waals surface area (Å²) < 4.78 is 39.6. The Balaban J connectivity index is 2.21. The molecule has 1 heterocycles. The molecule has 0 radical (unpaired) electrons. The number of rotatable bonds is 5. The number of halogens is 1. The second kappa shape index (κ2) is 5.88. The van der Waals surface area contributed by atoms with Crippen LogP contribution in [0.5, 0.6) is 0 Å². The van der Waals surface area contributed by atoms with E-state index in [4.69, 9.17) is 5.11 Å². The van der Waals surface area contributed by atoms with Gasteiger partial charge in [0.05, 0.1) is 10.9 Å². The van der Waals surface area contributed by atoms with Crippen LogP contribution < -0.4 is 4.72 Å². The molecule has 2 rings (SSSR count). The fourth-order valence-electron chi connectivity index (χ4n) is 1.57. The Morgan fingerprint density at radius 3 is 2.76 bits per heavy atom. The third-order valence-electron chi connectivity index (χ3n) is 2.55. The molecule has 0 aliphatic rings. The van der Waals surface area contributed by atoms with Crippen molar-refractivity contribution in [2.45, 2.75) is 17.9 Å². The Morgan fingerprint density at radius 1 is 1.48 bits per heavy atom. The number of sulfonamides is 1. The summed E-state index contributed by atoms with van der Waals surface area (Å²) in [7, 11) is -3.91. The molecule has 0 aliphatic carbocycles. The van der Waals surface area contributed by atoms with E-state index in [1.807, 2.05) is 0 Å². The van der Waals surface area contributed by atoms with Gasteiger partial charge in [-0.3, -0.25) is 0 Å². The van der Waals surface area contributed by atoms with E-state index >= 15 is 0 Å². The molecule has 6 nitrogen and oxygen atoms in total. The van der Waals surface area contributed by atoms with Crippen molar-refractivity contribution in [3.05, 3.63) is 46.2 Å². The highest BCUT2D eigenvalue weighted by molar-refractivity contribution is 7.89. The molecule has 1 aromatic carbocycles. The maximum Gasteiger partial charge on any atom is 0.355 e. The molecule has 2 N–H and O–H groups in total. The Hall–Kier alpha value is -1.84. The average Bonchev–Trinajstić information content (AvgIpc) is 2.88. The van der Waals surface area contributed by atoms with Gasteiger partial charge in [0.25, 0.3) is 0 Å². The van der Waals surface area contributed by atoms with Crippen LogP contribution in [0.4, 0.5) is 4.39 Å². The minimum Gasteiger partial charge on any atom is -0.476 e. The van der Waals surface area contributed by atoms with Crippen molar-refractivity contribution in [1.29, 1.82) is 0 Å². The Labute approximate surface area is 124 Å². The Kier molecular flexibility index (Phi) is 4.35. The molecule has 0 aliphatic heterocycles. The summed E-state index contributed by atoms with van der Waals surface area (Å²) in [6.07, 6.45) is 0. The molecule has 0 spiro atoms. The molecule has 0 amide bonds. The van der Waals surface area contributed by atoms with Crippen molar-refractivity contribution < 1.29 is 22.7 Å². The van der Waals surface area contributed by atoms with Crippen LogP contribution >= 0.6 is 11.3 Å². The van der Waals surface area contributed by atoms with Crippen LogP contribution in [0, 0.1) is 5.82 Å². The lowest BCUT2D eigenvalue weighted by molar-refractivity contribution is 0.0691. The maximum atomic E-state index is 13.1. The van der Waals surface area contributed by atoms with Gasteiger partial charge < -0.3 is 5.11 Å². The minimum atomic E-state index is -3.91. The predicted molar refractivity (Wildman–Crippen MR) is 74.2 cm³/mol. The summed E-state index contributed by atoms with van der Waals surface area (Å²) in [4.78, 5) is 14.4. The number of nitrogens with one attached hydrogen (secondary N) is 1. The normalized spacial score (nSPS) is 13.0. The van der Waals surface area contributed by atoms with Crippen LogP contribution in [0.2, 0.25) is 0 Å². The summed E-state index contributed by atoms with van der Waals surface area (Å²) in [6, 6.07) is 3.88. The van der Waals surface area contributed by atoms with E-state index in [9.17, 15) is 17.6 Å². The zero-order valence-corrected chi connectivity index (χ0v) is 12.4. The van der Waals surface area contributed by atoms with E-state index in [2.05, 4.69) is 9.71 Å². The van der Waals surface area contributed by atoms with E-state index in [0.717, 1.165) is 23.5 Å². The number of nitrogens with zero attached hydrogens (tertiary/aromatic N) is 1. The lowest BCUT2D eigenvalue weighted by Gasteiger charge is -2.11. The van der Waals surface area contributed by atoms with Gasteiger partial charge in [-0.05, 0) is 25.1 Å². The molecule has 1 atom stereocenters. The molecule has 21 heavy (non-hydrogen) atoms. The number of hydrogen-bond acceptors (Lipinski definition) is 5. The van der Waals surface area contributed by atoms with Gasteiger partial charge in [0.2, 0.25) is 10.0 Å². The van der Waals surface area contributed by atoms with Crippen molar-refractivity contribution in [2.24, 2.45) is 0 Å². The molecular formula is C12H11FN2O4S2. The lowest BCUT2D eigenvalue weighted by Crippen LogP contribution is -2.27. The van der Waals surface area contributed by atoms with Gasteiger partial charge in [-0.2, -0.15) is 0 Å². The first-order chi connectivity index (χ1) is 9.79. The molecule has 0 saturated heterocycles. The van der Waals surface area contributed by atoms with Gasteiger partial charge in [0.15, 0.2) is 5.69 Å². The number of hydrogen-bond donors (Lipinski definition) is 2. The van der Waals surface area contributed by atoms with Crippen molar-refractivity contribution in [1.82, 2.24) is 9.71 Å². The second-order valence-electron chi connectivity index (χ2n) is 4.18. The number of aromatic nitrogens is 1. The van der Waals surface area contributed by atoms with Crippen LogP contribution in [-0.4, -0.2) is 24.5 Å². The average molecular weight is 330 g/mol. The first-order valence-electron chi connectivity index (χ1n) is 5.76. The summed E-state index contributed by atoms with van der Waals surface area (Å²) in [5.74, 6) is -1.84. The number of carbonyl (C=O) groups is 1. The van der Waals surface area contributed by atoms with Crippen LogP contribution in [0.1, 0.15) is 28.5 Å². The van der Waals surface area contributed by atoms with E-state index in [-0.39, 0.29) is 10.6 Å². The van der Waals surface area contributed by atoms with Gasteiger partial charge in [-0.15, -0.1) is 11.3 Å². The minimum absolute atomic E-state index is 0.146. The number of benzene rings is 1.